The standard InChI is InChI=1S/C22H32N4O3/c1-3-23-22(25-14-11-17(15-25)16-29-4-2)24-12-7-8-13-26-20(27)18-9-5-6-10-19(18)21(26)28/h5-6,9-10,17H,3-4,7-8,11-16H2,1-2H3,(H,23,24). The fraction of sp³-hybridized carbons (Fsp3) is 0.591. The first-order valence-electron chi connectivity index (χ1n) is 10.7. The van der Waals surface area contributed by atoms with Crippen molar-refractivity contribution in [2.24, 2.45) is 10.9 Å². The summed E-state index contributed by atoms with van der Waals surface area (Å²) in [6, 6.07) is 7.03. The number of aliphatic imine (C=N–C) groups is 1. The Morgan fingerprint density at radius 3 is 2.55 bits per heavy atom. The summed E-state index contributed by atoms with van der Waals surface area (Å²) in [5, 5.41) is 3.38. The average molecular weight is 401 g/mol. The number of hydrogen-bond donors (Lipinski definition) is 1. The Labute approximate surface area is 173 Å². The third-order valence-corrected chi connectivity index (χ3v) is 5.41. The smallest absolute Gasteiger partial charge is 0.261 e. The molecule has 1 aromatic carbocycles. The minimum atomic E-state index is -0.181. The Kier molecular flexibility index (Phi) is 7.63. The van der Waals surface area contributed by atoms with Gasteiger partial charge in [-0.15, -0.1) is 0 Å². The molecule has 3 rings (SSSR count). The molecule has 1 aromatic rings. The topological polar surface area (TPSA) is 74.2 Å². The molecule has 1 N–H and O–H groups in total. The van der Waals surface area contributed by atoms with E-state index >= 15 is 0 Å². The van der Waals surface area contributed by atoms with Gasteiger partial charge in [0.15, 0.2) is 5.96 Å². The van der Waals surface area contributed by atoms with Gasteiger partial charge in [0.05, 0.1) is 17.7 Å². The van der Waals surface area contributed by atoms with E-state index in [1.54, 1.807) is 24.3 Å². The SMILES string of the molecule is CCNC(=NCCCCN1C(=O)c2ccccc2C1=O)N1CCC(COCC)C1. The number of carbonyl (C=O) groups is 2. The van der Waals surface area contributed by atoms with Crippen LogP contribution < -0.4 is 5.32 Å². The molecular weight excluding hydrogens is 368 g/mol. The molecule has 0 bridgehead atoms. The molecule has 1 unspecified atom stereocenters. The molecule has 2 amide bonds. The molecule has 7 heteroatoms. The number of hydrogen-bond acceptors (Lipinski definition) is 4. The van der Waals surface area contributed by atoms with Crippen LogP contribution >= 0.6 is 0 Å². The van der Waals surface area contributed by atoms with Crippen molar-refractivity contribution >= 4 is 17.8 Å². The van der Waals surface area contributed by atoms with Crippen molar-refractivity contribution in [1.82, 2.24) is 15.1 Å². The number of ether oxygens (including phenoxy) is 1. The summed E-state index contributed by atoms with van der Waals surface area (Å²) in [6.07, 6.45) is 2.71. The number of imide groups is 1. The highest BCUT2D eigenvalue weighted by Crippen LogP contribution is 2.22. The second kappa shape index (κ2) is 10.4. The Morgan fingerprint density at radius 1 is 1.17 bits per heavy atom. The summed E-state index contributed by atoms with van der Waals surface area (Å²) in [5.41, 5.74) is 1.03. The number of nitrogens with one attached hydrogen (secondary N) is 1. The highest BCUT2D eigenvalue weighted by Gasteiger charge is 2.34. The molecule has 1 atom stereocenters. The van der Waals surface area contributed by atoms with Crippen LogP contribution in [0.3, 0.4) is 0 Å². The van der Waals surface area contributed by atoms with Crippen LogP contribution in [0.1, 0.15) is 53.8 Å². The van der Waals surface area contributed by atoms with Crippen molar-refractivity contribution in [3.63, 3.8) is 0 Å². The van der Waals surface area contributed by atoms with Crippen LogP contribution in [-0.2, 0) is 4.74 Å². The van der Waals surface area contributed by atoms with Crippen molar-refractivity contribution < 1.29 is 14.3 Å². The molecule has 0 radical (unpaired) electrons. The lowest BCUT2D eigenvalue weighted by atomic mass is 10.1. The van der Waals surface area contributed by atoms with Crippen LogP contribution in [0.4, 0.5) is 0 Å². The molecule has 2 heterocycles. The van der Waals surface area contributed by atoms with Gasteiger partial charge in [0.2, 0.25) is 0 Å². The van der Waals surface area contributed by atoms with Gasteiger partial charge in [-0.1, -0.05) is 12.1 Å². The zero-order valence-electron chi connectivity index (χ0n) is 17.5. The maximum absolute atomic E-state index is 12.4. The monoisotopic (exact) mass is 400 g/mol. The van der Waals surface area contributed by atoms with E-state index in [1.165, 1.54) is 4.90 Å². The van der Waals surface area contributed by atoms with E-state index in [4.69, 9.17) is 9.73 Å². The molecule has 2 aliphatic heterocycles. The number of carbonyl (C=O) groups excluding carboxylic acids is 2. The number of unbranched alkanes of at least 4 members (excludes halogenated alkanes) is 1. The summed E-state index contributed by atoms with van der Waals surface area (Å²) < 4.78 is 5.56. The average Bonchev–Trinajstić information content (AvgIpc) is 3.30. The maximum Gasteiger partial charge on any atom is 0.261 e. The van der Waals surface area contributed by atoms with Gasteiger partial charge in [-0.05, 0) is 45.2 Å². The molecule has 1 fully saturated rings. The van der Waals surface area contributed by atoms with E-state index in [1.807, 2.05) is 6.92 Å². The number of amides is 2. The minimum Gasteiger partial charge on any atom is -0.381 e. The number of nitrogens with zero attached hydrogens (tertiary/aromatic N) is 3. The third kappa shape index (κ3) is 5.15. The van der Waals surface area contributed by atoms with Gasteiger partial charge in [0.25, 0.3) is 11.8 Å². The lowest BCUT2D eigenvalue weighted by molar-refractivity contribution is 0.0652. The largest absolute Gasteiger partial charge is 0.381 e. The van der Waals surface area contributed by atoms with E-state index < -0.39 is 0 Å². The lowest BCUT2D eigenvalue weighted by Gasteiger charge is -2.21. The van der Waals surface area contributed by atoms with Gasteiger partial charge < -0.3 is 15.0 Å². The number of fused-ring (bicyclic) bond motifs is 1. The lowest BCUT2D eigenvalue weighted by Crippen LogP contribution is -2.40. The van der Waals surface area contributed by atoms with Gasteiger partial charge in [-0.3, -0.25) is 19.5 Å². The summed E-state index contributed by atoms with van der Waals surface area (Å²) in [7, 11) is 0. The van der Waals surface area contributed by atoms with Crippen LogP contribution in [0.15, 0.2) is 29.3 Å². The van der Waals surface area contributed by atoms with E-state index in [2.05, 4.69) is 17.1 Å². The molecule has 0 aliphatic carbocycles. The predicted octanol–water partition coefficient (Wildman–Crippen LogP) is 2.39. The molecule has 1 saturated heterocycles. The highest BCUT2D eigenvalue weighted by molar-refractivity contribution is 6.21. The van der Waals surface area contributed by atoms with Crippen LogP contribution in [0.25, 0.3) is 0 Å². The maximum atomic E-state index is 12.4. The Hall–Kier alpha value is -2.41. The number of benzene rings is 1. The molecule has 2 aliphatic rings. The predicted molar refractivity (Wildman–Crippen MR) is 113 cm³/mol. The molecule has 158 valence electrons. The zero-order valence-corrected chi connectivity index (χ0v) is 17.5. The molecule has 7 nitrogen and oxygen atoms in total. The van der Waals surface area contributed by atoms with Crippen LogP contribution in [-0.4, -0.2) is 73.5 Å². The molecule has 0 aromatic heterocycles. The molecule has 0 spiro atoms. The normalized spacial score (nSPS) is 19.2. The van der Waals surface area contributed by atoms with Crippen molar-refractivity contribution in [1.29, 1.82) is 0 Å². The van der Waals surface area contributed by atoms with Gasteiger partial charge in [0, 0.05) is 45.2 Å². The molecule has 0 saturated carbocycles. The van der Waals surface area contributed by atoms with Crippen LogP contribution in [0.5, 0.6) is 0 Å². The first-order valence-corrected chi connectivity index (χ1v) is 10.7. The minimum absolute atomic E-state index is 0.181. The number of likely N-dealkylation sites (tertiary alicyclic amines) is 1. The van der Waals surface area contributed by atoms with E-state index in [0.717, 1.165) is 58.1 Å². The van der Waals surface area contributed by atoms with Crippen molar-refractivity contribution in [2.75, 3.05) is 45.9 Å². The van der Waals surface area contributed by atoms with Crippen molar-refractivity contribution in [3.8, 4) is 0 Å². The summed E-state index contributed by atoms with van der Waals surface area (Å²) >= 11 is 0. The Bertz CT molecular complexity index is 714. The van der Waals surface area contributed by atoms with Crippen molar-refractivity contribution in [3.05, 3.63) is 35.4 Å². The number of guanidine groups is 1. The quantitative estimate of drug-likeness (QED) is 0.298. The highest BCUT2D eigenvalue weighted by atomic mass is 16.5. The van der Waals surface area contributed by atoms with E-state index in [9.17, 15) is 9.59 Å². The van der Waals surface area contributed by atoms with E-state index in [0.29, 0.717) is 30.1 Å². The Balaban J connectivity index is 1.45. The van der Waals surface area contributed by atoms with Gasteiger partial charge in [-0.25, -0.2) is 0 Å². The third-order valence-electron chi connectivity index (χ3n) is 5.41. The summed E-state index contributed by atoms with van der Waals surface area (Å²) in [6.45, 7) is 9.60. The van der Waals surface area contributed by atoms with Crippen LogP contribution in [0.2, 0.25) is 0 Å². The van der Waals surface area contributed by atoms with Crippen LogP contribution in [0, 0.1) is 5.92 Å². The molecular formula is C22H32N4O3. The fourth-order valence-corrected chi connectivity index (χ4v) is 3.88. The van der Waals surface area contributed by atoms with Gasteiger partial charge >= 0.3 is 0 Å². The van der Waals surface area contributed by atoms with E-state index in [-0.39, 0.29) is 11.8 Å². The van der Waals surface area contributed by atoms with Crippen molar-refractivity contribution in [2.45, 2.75) is 33.1 Å². The second-order valence-electron chi connectivity index (χ2n) is 7.51. The van der Waals surface area contributed by atoms with Gasteiger partial charge in [0.1, 0.15) is 0 Å². The molecule has 29 heavy (non-hydrogen) atoms. The van der Waals surface area contributed by atoms with Gasteiger partial charge in [-0.2, -0.15) is 0 Å². The summed E-state index contributed by atoms with van der Waals surface area (Å²) in [4.78, 5) is 33.2. The first kappa shape index (κ1) is 21.3. The zero-order chi connectivity index (χ0) is 20.6. The number of rotatable bonds is 9. The second-order valence-corrected chi connectivity index (χ2v) is 7.51. The Morgan fingerprint density at radius 2 is 1.90 bits per heavy atom. The fourth-order valence-electron chi connectivity index (χ4n) is 3.88. The first-order chi connectivity index (χ1) is 14.2. The summed E-state index contributed by atoms with van der Waals surface area (Å²) in [5.74, 6) is 1.15.